The second kappa shape index (κ2) is 5.66. The minimum Gasteiger partial charge on any atom is -0.477 e. The van der Waals surface area contributed by atoms with Crippen LogP contribution in [0.3, 0.4) is 0 Å². The number of nitrogens with zero attached hydrogens (tertiary/aromatic N) is 3. The number of carbonyl (C=O) groups is 3. The number of nitrogens with one attached hydrogen (secondary N) is 1. The van der Waals surface area contributed by atoms with E-state index in [1.54, 1.807) is 32.5 Å². The Bertz CT molecular complexity index is 798. The van der Waals surface area contributed by atoms with E-state index >= 15 is 0 Å². The fourth-order valence-corrected chi connectivity index (χ4v) is 4.38. The predicted octanol–water partition coefficient (Wildman–Crippen LogP) is 0.409. The molecule has 3 rings (SSSR count). The number of carboxylic acid groups (broad SMARTS) is 1. The first kappa shape index (κ1) is 16.6. The number of aryl methyl sites for hydroxylation is 2. The van der Waals surface area contributed by atoms with E-state index in [1.807, 2.05) is 0 Å². The fraction of sp³-hybridized carbons (Fsp3) is 0.467. The van der Waals surface area contributed by atoms with Gasteiger partial charge in [0, 0.05) is 18.5 Å². The Hall–Kier alpha value is -2.29. The zero-order valence-corrected chi connectivity index (χ0v) is 14.6. The van der Waals surface area contributed by atoms with E-state index in [9.17, 15) is 19.5 Å². The van der Waals surface area contributed by atoms with Crippen LogP contribution in [0.2, 0.25) is 0 Å². The molecule has 3 heterocycles. The van der Waals surface area contributed by atoms with E-state index in [2.05, 4.69) is 10.4 Å². The van der Waals surface area contributed by atoms with Crippen LogP contribution in [0.15, 0.2) is 11.3 Å². The van der Waals surface area contributed by atoms with Gasteiger partial charge < -0.3 is 10.4 Å². The molecule has 1 saturated heterocycles. The molecule has 8 nitrogen and oxygen atoms in total. The van der Waals surface area contributed by atoms with Crippen LogP contribution in [0.1, 0.15) is 28.7 Å². The molecular weight excluding hydrogens is 332 g/mol. The van der Waals surface area contributed by atoms with E-state index in [0.717, 1.165) is 0 Å². The second-order valence-corrected chi connectivity index (χ2v) is 7.07. The molecule has 1 fully saturated rings. The first-order valence-electron chi connectivity index (χ1n) is 7.42. The van der Waals surface area contributed by atoms with E-state index in [-0.39, 0.29) is 17.0 Å². The summed E-state index contributed by atoms with van der Waals surface area (Å²) in [6, 6.07) is -0.719. The number of carbonyl (C=O) groups excluding carboxylic acids is 2. The average molecular weight is 350 g/mol. The molecule has 0 radical (unpaired) electrons. The van der Waals surface area contributed by atoms with Gasteiger partial charge in [-0.05, 0) is 26.3 Å². The molecule has 2 N–H and O–H groups in total. The molecule has 0 aliphatic carbocycles. The van der Waals surface area contributed by atoms with Gasteiger partial charge in [-0.2, -0.15) is 5.10 Å². The molecule has 0 bridgehead atoms. The van der Waals surface area contributed by atoms with Gasteiger partial charge >= 0.3 is 5.97 Å². The topological polar surface area (TPSA) is 105 Å². The zero-order valence-electron chi connectivity index (χ0n) is 13.8. The number of aromatic nitrogens is 2. The Morgan fingerprint density at radius 3 is 2.54 bits per heavy atom. The van der Waals surface area contributed by atoms with Gasteiger partial charge in [0.25, 0.3) is 11.8 Å². The van der Waals surface area contributed by atoms with Crippen molar-refractivity contribution in [1.82, 2.24) is 20.0 Å². The molecule has 0 saturated carbocycles. The van der Waals surface area contributed by atoms with Crippen LogP contribution in [-0.4, -0.2) is 54.7 Å². The number of aliphatic carboxylic acids is 1. The van der Waals surface area contributed by atoms with Gasteiger partial charge in [-0.1, -0.05) is 0 Å². The summed E-state index contributed by atoms with van der Waals surface area (Å²) in [5.41, 5.74) is 2.44. The summed E-state index contributed by atoms with van der Waals surface area (Å²) >= 11 is 1.45. The first-order valence-corrected chi connectivity index (χ1v) is 8.47. The number of hydrogen-bond donors (Lipinski definition) is 2. The summed E-state index contributed by atoms with van der Waals surface area (Å²) in [5, 5.41) is 15.9. The zero-order chi connectivity index (χ0) is 17.8. The second-order valence-electron chi connectivity index (χ2n) is 5.96. The number of rotatable bonds is 3. The highest BCUT2D eigenvalue weighted by Gasteiger charge is 2.53. The molecule has 0 spiro atoms. The summed E-state index contributed by atoms with van der Waals surface area (Å²) in [4.78, 5) is 37.6. The Morgan fingerprint density at radius 2 is 2.00 bits per heavy atom. The normalized spacial score (nSPS) is 23.0. The lowest BCUT2D eigenvalue weighted by atomic mass is 10.0. The molecule has 9 heteroatoms. The summed E-state index contributed by atoms with van der Waals surface area (Å²) in [5.74, 6) is -1.35. The van der Waals surface area contributed by atoms with Crippen molar-refractivity contribution in [3.8, 4) is 0 Å². The van der Waals surface area contributed by atoms with Crippen molar-refractivity contribution < 1.29 is 19.5 Å². The average Bonchev–Trinajstić information content (AvgIpc) is 2.76. The van der Waals surface area contributed by atoms with E-state index < -0.39 is 17.9 Å². The van der Waals surface area contributed by atoms with Crippen LogP contribution in [-0.2, 0) is 16.6 Å². The van der Waals surface area contributed by atoms with Crippen LogP contribution in [0, 0.1) is 13.8 Å². The number of β-lactam (4-membered cyclic amide) rings is 1. The van der Waals surface area contributed by atoms with E-state index in [0.29, 0.717) is 28.3 Å². The van der Waals surface area contributed by atoms with Gasteiger partial charge in [-0.25, -0.2) is 4.79 Å². The van der Waals surface area contributed by atoms with Crippen LogP contribution >= 0.6 is 11.8 Å². The fourth-order valence-electron chi connectivity index (χ4n) is 3.09. The SMILES string of the molecule is CC1=C(C(=O)O)N2C(=O)[C@H](NC(=O)c3c(C)nn(C)c3C)[C@@H]2SC1. The van der Waals surface area contributed by atoms with Gasteiger partial charge in [0.15, 0.2) is 0 Å². The van der Waals surface area contributed by atoms with Crippen LogP contribution in [0.25, 0.3) is 0 Å². The summed E-state index contributed by atoms with van der Waals surface area (Å²) in [6.07, 6.45) is 0. The van der Waals surface area contributed by atoms with Crippen molar-refractivity contribution in [2.75, 3.05) is 5.75 Å². The number of carboxylic acids is 1. The van der Waals surface area contributed by atoms with Gasteiger partial charge in [0.2, 0.25) is 0 Å². The highest BCUT2D eigenvalue weighted by Crippen LogP contribution is 2.40. The number of thioether (sulfide) groups is 1. The summed E-state index contributed by atoms with van der Waals surface area (Å²) in [7, 11) is 1.75. The minimum absolute atomic E-state index is 0.0305. The summed E-state index contributed by atoms with van der Waals surface area (Å²) < 4.78 is 1.61. The third-order valence-corrected chi connectivity index (χ3v) is 5.81. The van der Waals surface area contributed by atoms with Gasteiger partial charge in [-0.15, -0.1) is 11.8 Å². The maximum Gasteiger partial charge on any atom is 0.352 e. The van der Waals surface area contributed by atoms with Gasteiger partial charge in [0.05, 0.1) is 11.3 Å². The molecule has 2 aliphatic rings. The minimum atomic E-state index is -1.12. The van der Waals surface area contributed by atoms with E-state index in [1.165, 1.54) is 16.7 Å². The third kappa shape index (κ3) is 2.31. The Balaban J connectivity index is 1.81. The molecular formula is C15H18N4O4S. The Labute approximate surface area is 142 Å². The lowest BCUT2D eigenvalue weighted by Crippen LogP contribution is -2.70. The standard InChI is InChI=1S/C15H18N4O4S/c1-6-5-24-14-10(13(21)19(14)11(6)15(22)23)16-12(20)9-7(2)17-18(4)8(9)3/h10,14H,5H2,1-4H3,(H,16,20)(H,22,23)/t10-,14-/m0/s1. The van der Waals surface area contributed by atoms with Crippen molar-refractivity contribution >= 4 is 29.5 Å². The van der Waals surface area contributed by atoms with Crippen molar-refractivity contribution in [1.29, 1.82) is 0 Å². The molecule has 2 atom stereocenters. The van der Waals surface area contributed by atoms with Crippen molar-refractivity contribution in [3.63, 3.8) is 0 Å². The number of amides is 2. The molecule has 128 valence electrons. The maximum absolute atomic E-state index is 12.5. The van der Waals surface area contributed by atoms with Crippen molar-refractivity contribution in [2.24, 2.45) is 7.05 Å². The molecule has 1 aromatic heterocycles. The molecule has 2 aliphatic heterocycles. The maximum atomic E-state index is 12.5. The predicted molar refractivity (Wildman–Crippen MR) is 87.4 cm³/mol. The van der Waals surface area contributed by atoms with Gasteiger partial charge in [0.1, 0.15) is 17.1 Å². The third-order valence-electron chi connectivity index (χ3n) is 4.38. The molecule has 1 aromatic rings. The molecule has 0 aromatic carbocycles. The van der Waals surface area contributed by atoms with E-state index in [4.69, 9.17) is 0 Å². The first-order chi connectivity index (χ1) is 11.2. The molecule has 0 unspecified atom stereocenters. The summed E-state index contributed by atoms with van der Waals surface area (Å²) in [6.45, 7) is 5.23. The van der Waals surface area contributed by atoms with Crippen LogP contribution < -0.4 is 5.32 Å². The monoisotopic (exact) mass is 350 g/mol. The van der Waals surface area contributed by atoms with Crippen LogP contribution in [0.4, 0.5) is 0 Å². The molecule has 24 heavy (non-hydrogen) atoms. The lowest BCUT2D eigenvalue weighted by molar-refractivity contribution is -0.148. The number of hydrogen-bond acceptors (Lipinski definition) is 5. The highest BCUT2D eigenvalue weighted by atomic mass is 32.2. The highest BCUT2D eigenvalue weighted by molar-refractivity contribution is 8.00. The van der Waals surface area contributed by atoms with Crippen molar-refractivity contribution in [2.45, 2.75) is 32.2 Å². The Kier molecular flexibility index (Phi) is 3.90. The Morgan fingerprint density at radius 1 is 1.33 bits per heavy atom. The van der Waals surface area contributed by atoms with Gasteiger partial charge in [-0.3, -0.25) is 19.2 Å². The lowest BCUT2D eigenvalue weighted by Gasteiger charge is -2.49. The van der Waals surface area contributed by atoms with Crippen molar-refractivity contribution in [3.05, 3.63) is 28.2 Å². The number of fused-ring (bicyclic) bond motifs is 1. The largest absolute Gasteiger partial charge is 0.477 e. The van der Waals surface area contributed by atoms with Crippen LogP contribution in [0.5, 0.6) is 0 Å². The molecule has 2 amide bonds. The smallest absolute Gasteiger partial charge is 0.352 e. The quantitative estimate of drug-likeness (QED) is 0.765.